The van der Waals surface area contributed by atoms with Crippen LogP contribution < -0.4 is 10.3 Å². The quantitative estimate of drug-likeness (QED) is 0.535. The van der Waals surface area contributed by atoms with E-state index in [0.717, 1.165) is 5.56 Å². The first-order valence-corrected chi connectivity index (χ1v) is 9.93. The molecule has 0 radical (unpaired) electrons. The zero-order chi connectivity index (χ0) is 19.0. The van der Waals surface area contributed by atoms with Crippen molar-refractivity contribution in [2.75, 3.05) is 0 Å². The third-order valence-electron chi connectivity index (χ3n) is 4.40. The Balaban J connectivity index is 1.80. The van der Waals surface area contributed by atoms with Crippen LogP contribution in [0.4, 0.5) is 0 Å². The van der Waals surface area contributed by atoms with E-state index in [1.807, 2.05) is 37.3 Å². The molecular weight excluding hydrogens is 366 g/mol. The van der Waals surface area contributed by atoms with Gasteiger partial charge in [-0.05, 0) is 30.7 Å². The van der Waals surface area contributed by atoms with E-state index in [-0.39, 0.29) is 17.0 Å². The number of benzene rings is 2. The summed E-state index contributed by atoms with van der Waals surface area (Å²) in [6.45, 7) is 2.70. The number of nitrogens with one attached hydrogen (secondary N) is 1. The molecule has 2 aromatic heterocycles. The number of imidazole rings is 1. The normalized spacial score (nSPS) is 12.0. The van der Waals surface area contributed by atoms with Gasteiger partial charge in [0.25, 0.3) is 0 Å². The highest BCUT2D eigenvalue weighted by atomic mass is 32.2. The Morgan fingerprint density at radius 3 is 2.67 bits per heavy atom. The molecule has 2 aromatic carbocycles. The lowest BCUT2D eigenvalue weighted by Crippen LogP contribution is -2.23. The van der Waals surface area contributed by atoms with Crippen LogP contribution in [0.1, 0.15) is 12.5 Å². The molecule has 4 aromatic rings. The van der Waals surface area contributed by atoms with Crippen molar-refractivity contribution in [3.8, 4) is 0 Å². The first-order chi connectivity index (χ1) is 13.0. The van der Waals surface area contributed by atoms with E-state index in [2.05, 4.69) is 9.71 Å². The Bertz CT molecular complexity index is 1290. The minimum absolute atomic E-state index is 0.102. The molecule has 8 heteroatoms. The fourth-order valence-corrected chi connectivity index (χ4v) is 4.05. The second-order valence-electron chi connectivity index (χ2n) is 6.09. The second kappa shape index (κ2) is 6.64. The van der Waals surface area contributed by atoms with E-state index >= 15 is 0 Å². The third kappa shape index (κ3) is 3.13. The number of hydrogen-bond donors (Lipinski definition) is 1. The number of rotatable bonds is 5. The Labute approximate surface area is 155 Å². The summed E-state index contributed by atoms with van der Waals surface area (Å²) in [5.74, 6) is 0. The first kappa shape index (κ1) is 17.4. The molecule has 0 saturated carbocycles. The van der Waals surface area contributed by atoms with Gasteiger partial charge in [-0.3, -0.25) is 0 Å². The molecule has 1 N–H and O–H groups in total. The van der Waals surface area contributed by atoms with Gasteiger partial charge in [-0.25, -0.2) is 22.9 Å². The lowest BCUT2D eigenvalue weighted by molar-refractivity contribution is 0.567. The van der Waals surface area contributed by atoms with Gasteiger partial charge in [0.05, 0.1) is 16.7 Å². The zero-order valence-electron chi connectivity index (χ0n) is 14.5. The Kier molecular flexibility index (Phi) is 4.29. The average Bonchev–Trinajstić information content (AvgIpc) is 3.12. The summed E-state index contributed by atoms with van der Waals surface area (Å²) in [4.78, 5) is 16.3. The molecule has 0 aliphatic heterocycles. The molecule has 0 amide bonds. The SMILES string of the molecule is CCn1cnc2c(=O)oc3ccc(S(=O)(=O)NCc4ccccc4)cc3c21. The molecule has 2 heterocycles. The number of fused-ring (bicyclic) bond motifs is 3. The van der Waals surface area contributed by atoms with Gasteiger partial charge in [0.1, 0.15) is 5.58 Å². The molecule has 138 valence electrons. The summed E-state index contributed by atoms with van der Waals surface area (Å²) in [6, 6.07) is 13.7. The smallest absolute Gasteiger partial charge is 0.364 e. The van der Waals surface area contributed by atoms with Crippen molar-refractivity contribution in [3.05, 3.63) is 70.8 Å². The van der Waals surface area contributed by atoms with Crippen LogP contribution in [-0.4, -0.2) is 18.0 Å². The summed E-state index contributed by atoms with van der Waals surface area (Å²) < 4.78 is 35.1. The minimum Gasteiger partial charge on any atom is -0.421 e. The van der Waals surface area contributed by atoms with E-state index in [0.29, 0.717) is 23.0 Å². The highest BCUT2D eigenvalue weighted by Crippen LogP contribution is 2.25. The molecule has 0 fully saturated rings. The molecule has 0 spiro atoms. The minimum atomic E-state index is -3.73. The summed E-state index contributed by atoms with van der Waals surface area (Å²) in [6.07, 6.45) is 1.55. The highest BCUT2D eigenvalue weighted by molar-refractivity contribution is 7.89. The van der Waals surface area contributed by atoms with Gasteiger partial charge in [0.15, 0.2) is 5.52 Å². The van der Waals surface area contributed by atoms with Crippen molar-refractivity contribution in [2.24, 2.45) is 0 Å². The summed E-state index contributed by atoms with van der Waals surface area (Å²) in [7, 11) is -3.73. The molecule has 4 rings (SSSR count). The highest BCUT2D eigenvalue weighted by Gasteiger charge is 2.18. The van der Waals surface area contributed by atoms with Crippen molar-refractivity contribution in [3.63, 3.8) is 0 Å². The molecule has 0 unspecified atom stereocenters. The van der Waals surface area contributed by atoms with Crippen LogP contribution in [0.15, 0.2) is 69.0 Å². The van der Waals surface area contributed by atoms with Gasteiger partial charge in [-0.1, -0.05) is 30.3 Å². The standard InChI is InChI=1S/C19H17N3O4S/c1-2-22-12-20-17-18(22)15-10-14(8-9-16(15)26-19(17)23)27(24,25)21-11-13-6-4-3-5-7-13/h3-10,12,21H,2,11H2,1H3. The van der Waals surface area contributed by atoms with E-state index in [1.54, 1.807) is 10.9 Å². The van der Waals surface area contributed by atoms with E-state index < -0.39 is 15.6 Å². The average molecular weight is 383 g/mol. The van der Waals surface area contributed by atoms with Crippen LogP contribution in [0.5, 0.6) is 0 Å². The molecule has 7 nitrogen and oxygen atoms in total. The summed E-state index contributed by atoms with van der Waals surface area (Å²) in [5, 5.41) is 0.534. The Hall–Kier alpha value is -2.97. The van der Waals surface area contributed by atoms with E-state index in [4.69, 9.17) is 4.42 Å². The molecular formula is C19H17N3O4S. The Morgan fingerprint density at radius 2 is 1.93 bits per heavy atom. The molecule has 0 aliphatic carbocycles. The molecule has 0 saturated heterocycles. The number of hydrogen-bond acceptors (Lipinski definition) is 5. The first-order valence-electron chi connectivity index (χ1n) is 8.45. The summed E-state index contributed by atoms with van der Waals surface area (Å²) >= 11 is 0. The molecule has 27 heavy (non-hydrogen) atoms. The van der Waals surface area contributed by atoms with Crippen molar-refractivity contribution >= 4 is 32.0 Å². The number of aromatic nitrogens is 2. The van der Waals surface area contributed by atoms with E-state index in [9.17, 15) is 13.2 Å². The number of nitrogens with zero attached hydrogens (tertiary/aromatic N) is 2. The Morgan fingerprint density at radius 1 is 1.15 bits per heavy atom. The largest absolute Gasteiger partial charge is 0.421 e. The molecule has 0 atom stereocenters. The number of aryl methyl sites for hydroxylation is 1. The summed E-state index contributed by atoms with van der Waals surface area (Å²) in [5.41, 5.74) is 1.41. The monoisotopic (exact) mass is 383 g/mol. The molecule has 0 bridgehead atoms. The van der Waals surface area contributed by atoms with Gasteiger partial charge in [-0.2, -0.15) is 0 Å². The fraction of sp³-hybridized carbons (Fsp3) is 0.158. The second-order valence-corrected chi connectivity index (χ2v) is 7.85. The van der Waals surface area contributed by atoms with Gasteiger partial charge in [0.2, 0.25) is 10.0 Å². The number of sulfonamides is 1. The maximum absolute atomic E-state index is 12.7. The van der Waals surface area contributed by atoms with Gasteiger partial charge >= 0.3 is 5.63 Å². The van der Waals surface area contributed by atoms with Crippen LogP contribution >= 0.6 is 0 Å². The maximum Gasteiger partial charge on any atom is 0.364 e. The van der Waals surface area contributed by atoms with Crippen LogP contribution in [0, 0.1) is 0 Å². The topological polar surface area (TPSA) is 94.2 Å². The van der Waals surface area contributed by atoms with Crippen molar-refractivity contribution in [1.29, 1.82) is 0 Å². The van der Waals surface area contributed by atoms with Crippen LogP contribution in [0.3, 0.4) is 0 Å². The lowest BCUT2D eigenvalue weighted by atomic mass is 10.2. The van der Waals surface area contributed by atoms with Crippen LogP contribution in [-0.2, 0) is 23.1 Å². The maximum atomic E-state index is 12.7. The van der Waals surface area contributed by atoms with E-state index in [1.165, 1.54) is 18.2 Å². The molecule has 0 aliphatic rings. The van der Waals surface area contributed by atoms with Crippen molar-refractivity contribution < 1.29 is 12.8 Å². The fourth-order valence-electron chi connectivity index (χ4n) is 3.01. The predicted octanol–water partition coefficient (Wildman–Crippen LogP) is 2.64. The third-order valence-corrected chi connectivity index (χ3v) is 5.80. The van der Waals surface area contributed by atoms with Crippen molar-refractivity contribution in [1.82, 2.24) is 14.3 Å². The van der Waals surface area contributed by atoms with Crippen molar-refractivity contribution in [2.45, 2.75) is 24.9 Å². The zero-order valence-corrected chi connectivity index (χ0v) is 15.4. The lowest BCUT2D eigenvalue weighted by Gasteiger charge is -2.09. The van der Waals surface area contributed by atoms with Gasteiger partial charge in [0, 0.05) is 18.5 Å². The van der Waals surface area contributed by atoms with Gasteiger partial charge in [-0.15, -0.1) is 0 Å². The van der Waals surface area contributed by atoms with Gasteiger partial charge < -0.3 is 8.98 Å². The van der Waals surface area contributed by atoms with Crippen LogP contribution in [0.2, 0.25) is 0 Å². The van der Waals surface area contributed by atoms with Crippen LogP contribution in [0.25, 0.3) is 22.0 Å². The predicted molar refractivity (Wildman–Crippen MR) is 102 cm³/mol.